The average Bonchev–Trinajstić information content (AvgIpc) is 2.54. The summed E-state index contributed by atoms with van der Waals surface area (Å²) >= 11 is 0. The molecule has 0 aliphatic rings. The van der Waals surface area contributed by atoms with Crippen LogP contribution in [0.4, 0.5) is 4.39 Å². The lowest BCUT2D eigenvalue weighted by Crippen LogP contribution is -2.13. The van der Waals surface area contributed by atoms with Crippen LogP contribution in [0.2, 0.25) is 0 Å². The summed E-state index contributed by atoms with van der Waals surface area (Å²) < 4.78 is 29.0. The van der Waals surface area contributed by atoms with E-state index in [0.717, 1.165) is 11.1 Å². The molecule has 0 radical (unpaired) electrons. The highest BCUT2D eigenvalue weighted by Crippen LogP contribution is 2.33. The Morgan fingerprint density at radius 3 is 2.24 bits per heavy atom. The summed E-state index contributed by atoms with van der Waals surface area (Å²) in [4.78, 5) is 0. The first kappa shape index (κ1) is 15.1. The van der Waals surface area contributed by atoms with E-state index in [2.05, 4.69) is 0 Å². The number of hydrogen-bond acceptors (Lipinski definition) is 4. The van der Waals surface area contributed by atoms with Gasteiger partial charge in [0.1, 0.15) is 11.5 Å². The third-order valence-electron chi connectivity index (χ3n) is 3.31. The third kappa shape index (κ3) is 3.08. The van der Waals surface area contributed by atoms with Crippen molar-refractivity contribution in [2.24, 2.45) is 5.73 Å². The largest absolute Gasteiger partial charge is 0.497 e. The maximum Gasteiger partial charge on any atom is 0.165 e. The van der Waals surface area contributed by atoms with Gasteiger partial charge in [0, 0.05) is 5.56 Å². The van der Waals surface area contributed by atoms with Crippen molar-refractivity contribution in [3.63, 3.8) is 0 Å². The fraction of sp³-hybridized carbons (Fsp3) is 0.250. The Kier molecular flexibility index (Phi) is 4.65. The van der Waals surface area contributed by atoms with Crippen molar-refractivity contribution in [1.82, 2.24) is 0 Å². The van der Waals surface area contributed by atoms with Crippen molar-refractivity contribution < 1.29 is 18.6 Å². The average molecular weight is 291 g/mol. The predicted octanol–water partition coefficient (Wildman–Crippen LogP) is 2.90. The molecule has 0 spiro atoms. The van der Waals surface area contributed by atoms with Crippen LogP contribution in [0.5, 0.6) is 17.2 Å². The molecule has 0 saturated heterocycles. The number of hydrogen-bond donors (Lipinski definition) is 1. The van der Waals surface area contributed by atoms with Crippen molar-refractivity contribution in [1.29, 1.82) is 0 Å². The van der Waals surface area contributed by atoms with Crippen LogP contribution in [0.25, 0.3) is 0 Å². The molecule has 5 heteroatoms. The van der Waals surface area contributed by atoms with E-state index in [1.165, 1.54) is 13.2 Å². The molecule has 2 N–H and O–H groups in total. The summed E-state index contributed by atoms with van der Waals surface area (Å²) in [5, 5.41) is 0. The number of nitrogens with two attached hydrogens (primary N) is 1. The molecule has 1 atom stereocenters. The zero-order valence-electron chi connectivity index (χ0n) is 12.2. The molecular formula is C16H18FNO3. The Labute approximate surface area is 123 Å². The summed E-state index contributed by atoms with van der Waals surface area (Å²) in [5.74, 6) is 1.05. The molecule has 4 nitrogen and oxygen atoms in total. The van der Waals surface area contributed by atoms with Crippen LogP contribution in [-0.4, -0.2) is 21.3 Å². The second-order valence-electron chi connectivity index (χ2n) is 4.48. The van der Waals surface area contributed by atoms with Gasteiger partial charge in [0.2, 0.25) is 0 Å². The first-order valence-corrected chi connectivity index (χ1v) is 6.41. The quantitative estimate of drug-likeness (QED) is 0.920. The van der Waals surface area contributed by atoms with Gasteiger partial charge < -0.3 is 19.9 Å². The van der Waals surface area contributed by atoms with E-state index in [1.54, 1.807) is 44.6 Å². The van der Waals surface area contributed by atoms with E-state index in [1.807, 2.05) is 0 Å². The summed E-state index contributed by atoms with van der Waals surface area (Å²) in [5.41, 5.74) is 7.75. The Morgan fingerprint density at radius 1 is 0.905 bits per heavy atom. The predicted molar refractivity (Wildman–Crippen MR) is 78.5 cm³/mol. The molecule has 2 rings (SSSR count). The van der Waals surface area contributed by atoms with Gasteiger partial charge in [-0.1, -0.05) is 6.07 Å². The van der Waals surface area contributed by atoms with Crippen LogP contribution in [-0.2, 0) is 0 Å². The normalized spacial score (nSPS) is 11.9. The standard InChI is InChI=1S/C16H18FNO3/c1-19-11-5-7-14(20-2)12(9-11)16(18)10-4-6-13(17)15(8-10)21-3/h4-9,16H,18H2,1-3H3. The third-order valence-corrected chi connectivity index (χ3v) is 3.31. The van der Waals surface area contributed by atoms with Gasteiger partial charge in [-0.3, -0.25) is 0 Å². The van der Waals surface area contributed by atoms with Gasteiger partial charge in [0.25, 0.3) is 0 Å². The summed E-state index contributed by atoms with van der Waals surface area (Å²) in [7, 11) is 4.57. The molecular weight excluding hydrogens is 273 g/mol. The molecule has 2 aromatic carbocycles. The first-order chi connectivity index (χ1) is 10.1. The van der Waals surface area contributed by atoms with Gasteiger partial charge in [0.05, 0.1) is 27.4 Å². The maximum absolute atomic E-state index is 13.5. The molecule has 0 aromatic heterocycles. The van der Waals surface area contributed by atoms with E-state index in [-0.39, 0.29) is 5.75 Å². The van der Waals surface area contributed by atoms with Crippen LogP contribution in [0.15, 0.2) is 36.4 Å². The Hall–Kier alpha value is -2.27. The molecule has 0 saturated carbocycles. The van der Waals surface area contributed by atoms with Crippen LogP contribution in [0.3, 0.4) is 0 Å². The molecule has 0 aliphatic heterocycles. The number of ether oxygens (including phenoxy) is 3. The highest BCUT2D eigenvalue weighted by Gasteiger charge is 2.17. The highest BCUT2D eigenvalue weighted by atomic mass is 19.1. The van der Waals surface area contributed by atoms with E-state index < -0.39 is 11.9 Å². The molecule has 0 bridgehead atoms. The van der Waals surface area contributed by atoms with Crippen LogP contribution in [0.1, 0.15) is 17.2 Å². The first-order valence-electron chi connectivity index (χ1n) is 6.41. The van der Waals surface area contributed by atoms with Crippen molar-refractivity contribution in [3.8, 4) is 17.2 Å². The van der Waals surface area contributed by atoms with Crippen molar-refractivity contribution in [2.45, 2.75) is 6.04 Å². The molecule has 21 heavy (non-hydrogen) atoms. The summed E-state index contributed by atoms with van der Waals surface area (Å²) in [6.45, 7) is 0. The second-order valence-corrected chi connectivity index (χ2v) is 4.48. The Morgan fingerprint density at radius 2 is 1.62 bits per heavy atom. The van der Waals surface area contributed by atoms with Crippen molar-refractivity contribution in [2.75, 3.05) is 21.3 Å². The van der Waals surface area contributed by atoms with Gasteiger partial charge in [-0.2, -0.15) is 0 Å². The van der Waals surface area contributed by atoms with E-state index >= 15 is 0 Å². The van der Waals surface area contributed by atoms with Crippen LogP contribution < -0.4 is 19.9 Å². The minimum Gasteiger partial charge on any atom is -0.497 e. The molecule has 112 valence electrons. The highest BCUT2D eigenvalue weighted by molar-refractivity contribution is 5.47. The van der Waals surface area contributed by atoms with Crippen molar-refractivity contribution in [3.05, 3.63) is 53.3 Å². The lowest BCUT2D eigenvalue weighted by Gasteiger charge is -2.18. The van der Waals surface area contributed by atoms with E-state index in [4.69, 9.17) is 19.9 Å². The van der Waals surface area contributed by atoms with Gasteiger partial charge in [-0.15, -0.1) is 0 Å². The lowest BCUT2D eigenvalue weighted by atomic mass is 9.98. The lowest BCUT2D eigenvalue weighted by molar-refractivity contribution is 0.385. The number of rotatable bonds is 5. The minimum atomic E-state index is -0.482. The number of benzene rings is 2. The van der Waals surface area contributed by atoms with Gasteiger partial charge in [0.15, 0.2) is 11.6 Å². The minimum absolute atomic E-state index is 0.157. The Balaban J connectivity index is 2.45. The maximum atomic E-state index is 13.5. The van der Waals surface area contributed by atoms with Crippen LogP contribution >= 0.6 is 0 Å². The molecule has 2 aromatic rings. The zero-order chi connectivity index (χ0) is 15.4. The van der Waals surface area contributed by atoms with E-state index in [9.17, 15) is 4.39 Å². The topological polar surface area (TPSA) is 53.7 Å². The van der Waals surface area contributed by atoms with Gasteiger partial charge >= 0.3 is 0 Å². The van der Waals surface area contributed by atoms with Crippen LogP contribution in [0, 0.1) is 5.82 Å². The monoisotopic (exact) mass is 291 g/mol. The van der Waals surface area contributed by atoms with Crippen molar-refractivity contribution >= 4 is 0 Å². The fourth-order valence-corrected chi connectivity index (χ4v) is 2.13. The molecule has 0 amide bonds. The summed E-state index contributed by atoms with van der Waals surface area (Å²) in [6.07, 6.45) is 0. The SMILES string of the molecule is COc1ccc(OC)c(C(N)c2ccc(F)c(OC)c2)c1. The smallest absolute Gasteiger partial charge is 0.165 e. The number of halogens is 1. The molecule has 0 heterocycles. The Bertz CT molecular complexity index is 631. The second kappa shape index (κ2) is 6.45. The number of methoxy groups -OCH3 is 3. The zero-order valence-corrected chi connectivity index (χ0v) is 12.2. The van der Waals surface area contributed by atoms with Gasteiger partial charge in [-0.25, -0.2) is 4.39 Å². The molecule has 1 unspecified atom stereocenters. The van der Waals surface area contributed by atoms with Gasteiger partial charge in [-0.05, 0) is 35.9 Å². The molecule has 0 aliphatic carbocycles. The fourth-order valence-electron chi connectivity index (χ4n) is 2.13. The molecule has 0 fully saturated rings. The summed E-state index contributed by atoms with van der Waals surface area (Å²) in [6, 6.07) is 9.44. The van der Waals surface area contributed by atoms with E-state index in [0.29, 0.717) is 11.5 Å².